The Hall–Kier alpha value is -2.16. The normalized spacial score (nSPS) is 14.1. The lowest BCUT2D eigenvalue weighted by Crippen LogP contribution is -2.30. The summed E-state index contributed by atoms with van der Waals surface area (Å²) in [5.74, 6) is 0.846. The van der Waals surface area contributed by atoms with Gasteiger partial charge in [-0.3, -0.25) is 0 Å². The summed E-state index contributed by atoms with van der Waals surface area (Å²) >= 11 is 0. The zero-order valence-electron chi connectivity index (χ0n) is 12.7. The van der Waals surface area contributed by atoms with E-state index in [0.717, 1.165) is 36.6 Å². The van der Waals surface area contributed by atoms with Gasteiger partial charge in [0.05, 0.1) is 6.10 Å². The summed E-state index contributed by atoms with van der Waals surface area (Å²) < 4.78 is 5.79. The summed E-state index contributed by atoms with van der Waals surface area (Å²) in [7, 11) is 0. The van der Waals surface area contributed by atoms with E-state index in [0.29, 0.717) is 0 Å². The smallest absolute Gasteiger partial charge is 0.123 e. The van der Waals surface area contributed by atoms with Crippen LogP contribution in [0.3, 0.4) is 0 Å². The summed E-state index contributed by atoms with van der Waals surface area (Å²) in [6.45, 7) is 6.00. The molecule has 2 N–H and O–H groups in total. The third kappa shape index (κ3) is 3.13. The van der Waals surface area contributed by atoms with Crippen molar-refractivity contribution in [3.8, 4) is 5.75 Å². The summed E-state index contributed by atoms with van der Waals surface area (Å²) in [6.07, 6.45) is 1.23. The van der Waals surface area contributed by atoms with Crippen molar-refractivity contribution in [1.29, 1.82) is 0 Å². The van der Waals surface area contributed by atoms with Gasteiger partial charge in [0.25, 0.3) is 0 Å². The fourth-order valence-electron chi connectivity index (χ4n) is 2.84. The second kappa shape index (κ2) is 5.68. The highest BCUT2D eigenvalue weighted by Crippen LogP contribution is 2.30. The van der Waals surface area contributed by atoms with Gasteiger partial charge in [0.15, 0.2) is 0 Å². The molecule has 110 valence electrons. The Morgan fingerprint density at radius 3 is 2.62 bits per heavy atom. The molecule has 0 bridgehead atoms. The van der Waals surface area contributed by atoms with Crippen LogP contribution in [0.25, 0.3) is 0 Å². The van der Waals surface area contributed by atoms with Crippen LogP contribution in [0.5, 0.6) is 5.75 Å². The molecule has 0 fully saturated rings. The number of hydrogen-bond acceptors (Lipinski definition) is 3. The van der Waals surface area contributed by atoms with Crippen molar-refractivity contribution in [2.24, 2.45) is 0 Å². The van der Waals surface area contributed by atoms with Gasteiger partial charge in [-0.1, -0.05) is 24.3 Å². The van der Waals surface area contributed by atoms with Gasteiger partial charge < -0.3 is 15.4 Å². The molecule has 0 atom stereocenters. The molecule has 2 aromatic rings. The molecule has 0 amide bonds. The van der Waals surface area contributed by atoms with Crippen molar-refractivity contribution in [3.05, 3.63) is 53.6 Å². The van der Waals surface area contributed by atoms with Crippen molar-refractivity contribution < 1.29 is 4.74 Å². The van der Waals surface area contributed by atoms with Gasteiger partial charge in [0.2, 0.25) is 0 Å². The van der Waals surface area contributed by atoms with E-state index in [2.05, 4.69) is 35.2 Å². The third-order valence-electron chi connectivity index (χ3n) is 3.78. The molecule has 3 heteroatoms. The minimum atomic E-state index is 0.154. The van der Waals surface area contributed by atoms with E-state index in [4.69, 9.17) is 10.5 Å². The first-order chi connectivity index (χ1) is 10.1. The van der Waals surface area contributed by atoms with Crippen LogP contribution < -0.4 is 15.4 Å². The van der Waals surface area contributed by atoms with Crippen molar-refractivity contribution in [2.45, 2.75) is 32.9 Å². The summed E-state index contributed by atoms with van der Waals surface area (Å²) in [6, 6.07) is 14.7. The highest BCUT2D eigenvalue weighted by Gasteiger charge is 2.17. The van der Waals surface area contributed by atoms with Crippen LogP contribution >= 0.6 is 0 Å². The van der Waals surface area contributed by atoms with Crippen molar-refractivity contribution >= 4 is 11.4 Å². The quantitative estimate of drug-likeness (QED) is 0.874. The van der Waals surface area contributed by atoms with Gasteiger partial charge in [0, 0.05) is 36.6 Å². The molecule has 0 unspecified atom stereocenters. The average Bonchev–Trinajstić information content (AvgIpc) is 2.45. The van der Waals surface area contributed by atoms with E-state index in [1.807, 2.05) is 26.0 Å². The molecule has 0 saturated carbocycles. The first-order valence-corrected chi connectivity index (χ1v) is 7.51. The van der Waals surface area contributed by atoms with Gasteiger partial charge in [0.1, 0.15) is 5.75 Å². The number of benzene rings is 2. The molecule has 3 rings (SSSR count). The number of hydrogen-bond donors (Lipinski definition) is 1. The van der Waals surface area contributed by atoms with Crippen LogP contribution in [0.15, 0.2) is 42.5 Å². The lowest BCUT2D eigenvalue weighted by molar-refractivity contribution is 0.242. The Morgan fingerprint density at radius 2 is 1.86 bits per heavy atom. The Labute approximate surface area is 126 Å². The van der Waals surface area contributed by atoms with Gasteiger partial charge in [-0.15, -0.1) is 0 Å². The van der Waals surface area contributed by atoms with E-state index in [1.165, 1.54) is 11.1 Å². The molecular weight excluding hydrogens is 260 g/mol. The van der Waals surface area contributed by atoms with Crippen LogP contribution in [0.2, 0.25) is 0 Å². The molecule has 0 aliphatic carbocycles. The highest BCUT2D eigenvalue weighted by molar-refractivity contribution is 5.61. The number of nitrogens with zero attached hydrogens (tertiary/aromatic N) is 1. The zero-order chi connectivity index (χ0) is 14.8. The summed E-state index contributed by atoms with van der Waals surface area (Å²) in [5.41, 5.74) is 10.8. The minimum Gasteiger partial charge on any atom is -0.491 e. The number of anilines is 2. The van der Waals surface area contributed by atoms with E-state index in [-0.39, 0.29) is 6.10 Å². The molecule has 1 heterocycles. The fourth-order valence-corrected chi connectivity index (χ4v) is 2.84. The number of rotatable bonds is 3. The maximum absolute atomic E-state index is 6.03. The number of ether oxygens (including phenoxy) is 1. The Morgan fingerprint density at radius 1 is 1.10 bits per heavy atom. The monoisotopic (exact) mass is 282 g/mol. The number of nitrogen functional groups attached to an aromatic ring is 1. The van der Waals surface area contributed by atoms with Crippen LogP contribution in [0.4, 0.5) is 11.4 Å². The summed E-state index contributed by atoms with van der Waals surface area (Å²) in [4.78, 5) is 2.37. The van der Waals surface area contributed by atoms with Crippen LogP contribution in [-0.2, 0) is 13.0 Å². The van der Waals surface area contributed by atoms with Gasteiger partial charge in [-0.05, 0) is 37.5 Å². The molecule has 0 aromatic heterocycles. The van der Waals surface area contributed by atoms with Gasteiger partial charge in [-0.25, -0.2) is 0 Å². The Kier molecular flexibility index (Phi) is 3.74. The minimum absolute atomic E-state index is 0.154. The second-order valence-electron chi connectivity index (χ2n) is 5.87. The van der Waals surface area contributed by atoms with E-state index in [9.17, 15) is 0 Å². The zero-order valence-corrected chi connectivity index (χ0v) is 12.7. The SMILES string of the molecule is CC(C)Oc1cc(N)cc(N2CCc3ccccc3C2)c1. The van der Waals surface area contributed by atoms with Crippen LogP contribution in [0.1, 0.15) is 25.0 Å². The number of nitrogens with two attached hydrogens (primary N) is 1. The molecule has 0 radical (unpaired) electrons. The van der Waals surface area contributed by atoms with Gasteiger partial charge >= 0.3 is 0 Å². The fraction of sp³-hybridized carbons (Fsp3) is 0.333. The standard InChI is InChI=1S/C18H22N2O/c1-13(2)21-18-10-16(19)9-17(11-18)20-8-7-14-5-3-4-6-15(14)12-20/h3-6,9-11,13H,7-8,12,19H2,1-2H3. The molecule has 0 saturated heterocycles. The van der Waals surface area contributed by atoms with Crippen molar-refractivity contribution in [2.75, 3.05) is 17.2 Å². The highest BCUT2D eigenvalue weighted by atomic mass is 16.5. The topological polar surface area (TPSA) is 38.5 Å². The van der Waals surface area contributed by atoms with Crippen LogP contribution in [0, 0.1) is 0 Å². The summed E-state index contributed by atoms with van der Waals surface area (Å²) in [5, 5.41) is 0. The average molecular weight is 282 g/mol. The Balaban J connectivity index is 1.86. The van der Waals surface area contributed by atoms with E-state index < -0.39 is 0 Å². The molecular formula is C18H22N2O. The molecule has 0 spiro atoms. The Bertz CT molecular complexity index is 637. The maximum atomic E-state index is 6.03. The lowest BCUT2D eigenvalue weighted by Gasteiger charge is -2.31. The molecule has 2 aromatic carbocycles. The third-order valence-corrected chi connectivity index (χ3v) is 3.78. The van der Waals surface area contributed by atoms with E-state index >= 15 is 0 Å². The molecule has 1 aliphatic rings. The van der Waals surface area contributed by atoms with Crippen molar-refractivity contribution in [1.82, 2.24) is 0 Å². The molecule has 21 heavy (non-hydrogen) atoms. The predicted molar refractivity (Wildman–Crippen MR) is 87.8 cm³/mol. The van der Waals surface area contributed by atoms with Crippen LogP contribution in [-0.4, -0.2) is 12.6 Å². The number of fused-ring (bicyclic) bond motifs is 1. The first kappa shape index (κ1) is 13.8. The molecule has 3 nitrogen and oxygen atoms in total. The maximum Gasteiger partial charge on any atom is 0.123 e. The largest absolute Gasteiger partial charge is 0.491 e. The van der Waals surface area contributed by atoms with Gasteiger partial charge in [-0.2, -0.15) is 0 Å². The first-order valence-electron chi connectivity index (χ1n) is 7.51. The lowest BCUT2D eigenvalue weighted by atomic mass is 9.99. The second-order valence-corrected chi connectivity index (χ2v) is 5.87. The predicted octanol–water partition coefficient (Wildman–Crippen LogP) is 3.62. The molecule has 1 aliphatic heterocycles. The van der Waals surface area contributed by atoms with E-state index in [1.54, 1.807) is 0 Å². The van der Waals surface area contributed by atoms with Crippen molar-refractivity contribution in [3.63, 3.8) is 0 Å².